The monoisotopic (exact) mass is 198 g/mol. The zero-order valence-corrected chi connectivity index (χ0v) is 9.33. The van der Waals surface area contributed by atoms with Crippen LogP contribution in [0.5, 0.6) is 0 Å². The third-order valence-electron chi connectivity index (χ3n) is 3.08. The molecule has 0 aromatic carbocycles. The van der Waals surface area contributed by atoms with Crippen molar-refractivity contribution in [2.45, 2.75) is 44.6 Å². The third kappa shape index (κ3) is 2.98. The standard InChI is InChI=1S/C11H22N2O/c1-13(2)11(14)9-7-5-3-4-6-8-10(9)12/h9-10H,3-8,12H2,1-2H3. The zero-order chi connectivity index (χ0) is 10.6. The lowest BCUT2D eigenvalue weighted by atomic mass is 9.86. The van der Waals surface area contributed by atoms with Crippen molar-refractivity contribution in [1.29, 1.82) is 0 Å². The van der Waals surface area contributed by atoms with Gasteiger partial charge in [-0.3, -0.25) is 4.79 Å². The van der Waals surface area contributed by atoms with Gasteiger partial charge in [-0.15, -0.1) is 0 Å². The highest BCUT2D eigenvalue weighted by molar-refractivity contribution is 5.79. The summed E-state index contributed by atoms with van der Waals surface area (Å²) in [6.07, 6.45) is 6.83. The van der Waals surface area contributed by atoms with Crippen LogP contribution in [0.15, 0.2) is 0 Å². The maximum Gasteiger partial charge on any atom is 0.226 e. The number of carbonyl (C=O) groups is 1. The van der Waals surface area contributed by atoms with Crippen molar-refractivity contribution in [3.63, 3.8) is 0 Å². The van der Waals surface area contributed by atoms with Gasteiger partial charge in [-0.05, 0) is 12.8 Å². The van der Waals surface area contributed by atoms with Crippen LogP contribution in [0.25, 0.3) is 0 Å². The van der Waals surface area contributed by atoms with Gasteiger partial charge in [0.15, 0.2) is 0 Å². The van der Waals surface area contributed by atoms with Gasteiger partial charge < -0.3 is 10.6 Å². The summed E-state index contributed by atoms with van der Waals surface area (Å²) in [6.45, 7) is 0. The zero-order valence-electron chi connectivity index (χ0n) is 9.33. The number of carbonyl (C=O) groups excluding carboxylic acids is 1. The van der Waals surface area contributed by atoms with E-state index < -0.39 is 0 Å². The molecule has 0 heterocycles. The maximum atomic E-state index is 11.8. The molecule has 0 aromatic heterocycles. The first kappa shape index (κ1) is 11.5. The van der Waals surface area contributed by atoms with Crippen LogP contribution in [0.2, 0.25) is 0 Å². The average Bonchev–Trinajstić information content (AvgIpc) is 2.11. The van der Waals surface area contributed by atoms with E-state index in [1.165, 1.54) is 19.3 Å². The molecule has 0 spiro atoms. The Labute approximate surface area is 86.6 Å². The number of rotatable bonds is 1. The first-order valence-electron chi connectivity index (χ1n) is 5.59. The molecule has 3 heteroatoms. The summed E-state index contributed by atoms with van der Waals surface area (Å²) < 4.78 is 0. The Hall–Kier alpha value is -0.570. The Kier molecular flexibility index (Phi) is 4.39. The highest BCUT2D eigenvalue weighted by atomic mass is 16.2. The number of hydrogen-bond donors (Lipinski definition) is 1. The van der Waals surface area contributed by atoms with Crippen molar-refractivity contribution >= 4 is 5.91 Å². The quantitative estimate of drug-likeness (QED) is 0.691. The highest BCUT2D eigenvalue weighted by Gasteiger charge is 2.27. The largest absolute Gasteiger partial charge is 0.349 e. The summed E-state index contributed by atoms with van der Waals surface area (Å²) in [6, 6.07) is 0.0743. The van der Waals surface area contributed by atoms with Crippen molar-refractivity contribution in [2.75, 3.05) is 14.1 Å². The van der Waals surface area contributed by atoms with E-state index in [2.05, 4.69) is 0 Å². The first-order valence-corrected chi connectivity index (χ1v) is 5.59. The van der Waals surface area contributed by atoms with Gasteiger partial charge in [0.2, 0.25) is 5.91 Å². The third-order valence-corrected chi connectivity index (χ3v) is 3.08. The summed E-state index contributed by atoms with van der Waals surface area (Å²) >= 11 is 0. The Morgan fingerprint density at radius 3 is 2.29 bits per heavy atom. The molecule has 0 aromatic rings. The molecule has 1 amide bonds. The Bertz CT molecular complexity index is 192. The molecule has 1 fully saturated rings. The normalized spacial score (nSPS) is 29.1. The van der Waals surface area contributed by atoms with E-state index in [1.54, 1.807) is 4.90 Å². The van der Waals surface area contributed by atoms with Gasteiger partial charge in [-0.2, -0.15) is 0 Å². The van der Waals surface area contributed by atoms with Crippen molar-refractivity contribution in [2.24, 2.45) is 11.7 Å². The van der Waals surface area contributed by atoms with E-state index >= 15 is 0 Å². The Morgan fingerprint density at radius 2 is 1.71 bits per heavy atom. The molecule has 3 nitrogen and oxygen atoms in total. The summed E-state index contributed by atoms with van der Waals surface area (Å²) in [7, 11) is 3.63. The Balaban J connectivity index is 2.57. The van der Waals surface area contributed by atoms with Gasteiger partial charge in [-0.25, -0.2) is 0 Å². The fourth-order valence-electron chi connectivity index (χ4n) is 2.15. The molecule has 1 saturated carbocycles. The molecule has 2 unspecified atom stereocenters. The highest BCUT2D eigenvalue weighted by Crippen LogP contribution is 2.22. The fraction of sp³-hybridized carbons (Fsp3) is 0.909. The second-order valence-corrected chi connectivity index (χ2v) is 4.49. The minimum absolute atomic E-state index is 0.0605. The molecule has 2 atom stereocenters. The van der Waals surface area contributed by atoms with E-state index in [9.17, 15) is 4.79 Å². The molecule has 0 saturated heterocycles. The maximum absolute atomic E-state index is 11.8. The van der Waals surface area contributed by atoms with Crippen molar-refractivity contribution in [3.8, 4) is 0 Å². The van der Waals surface area contributed by atoms with Crippen molar-refractivity contribution in [3.05, 3.63) is 0 Å². The topological polar surface area (TPSA) is 46.3 Å². The minimum Gasteiger partial charge on any atom is -0.349 e. The number of nitrogens with two attached hydrogens (primary N) is 1. The van der Waals surface area contributed by atoms with Crippen LogP contribution in [-0.4, -0.2) is 30.9 Å². The number of amides is 1. The number of nitrogens with zero attached hydrogens (tertiary/aromatic N) is 1. The smallest absolute Gasteiger partial charge is 0.226 e. The fourth-order valence-corrected chi connectivity index (χ4v) is 2.15. The van der Waals surface area contributed by atoms with Crippen molar-refractivity contribution < 1.29 is 4.79 Å². The lowest BCUT2D eigenvalue weighted by Gasteiger charge is -2.27. The van der Waals surface area contributed by atoms with Gasteiger partial charge >= 0.3 is 0 Å². The Morgan fingerprint density at radius 1 is 1.14 bits per heavy atom. The molecule has 1 aliphatic rings. The van der Waals surface area contributed by atoms with Gasteiger partial charge in [-0.1, -0.05) is 25.7 Å². The van der Waals surface area contributed by atoms with E-state index in [0.717, 1.165) is 19.3 Å². The average molecular weight is 198 g/mol. The van der Waals surface area contributed by atoms with Crippen LogP contribution in [0.4, 0.5) is 0 Å². The predicted molar refractivity (Wildman–Crippen MR) is 57.9 cm³/mol. The van der Waals surface area contributed by atoms with Gasteiger partial charge in [0, 0.05) is 20.1 Å². The molecular formula is C11H22N2O. The van der Waals surface area contributed by atoms with E-state index in [4.69, 9.17) is 5.73 Å². The molecule has 82 valence electrons. The summed E-state index contributed by atoms with van der Waals surface area (Å²) in [4.78, 5) is 13.5. The van der Waals surface area contributed by atoms with Crippen LogP contribution in [0.1, 0.15) is 38.5 Å². The lowest BCUT2D eigenvalue weighted by Crippen LogP contribution is -2.41. The van der Waals surface area contributed by atoms with Crippen LogP contribution in [0, 0.1) is 5.92 Å². The predicted octanol–water partition coefficient (Wildman–Crippen LogP) is 1.37. The summed E-state index contributed by atoms with van der Waals surface area (Å²) in [5.74, 6) is 0.268. The molecule has 0 aliphatic heterocycles. The molecule has 0 radical (unpaired) electrons. The van der Waals surface area contributed by atoms with Crippen LogP contribution in [-0.2, 0) is 4.79 Å². The molecule has 0 bridgehead atoms. The molecular weight excluding hydrogens is 176 g/mol. The van der Waals surface area contributed by atoms with E-state index in [1.807, 2.05) is 14.1 Å². The minimum atomic E-state index is 0.0605. The van der Waals surface area contributed by atoms with Crippen molar-refractivity contribution in [1.82, 2.24) is 4.90 Å². The van der Waals surface area contributed by atoms with Crippen LogP contribution >= 0.6 is 0 Å². The molecule has 2 N–H and O–H groups in total. The van der Waals surface area contributed by atoms with E-state index in [-0.39, 0.29) is 17.9 Å². The van der Waals surface area contributed by atoms with Gasteiger partial charge in [0.05, 0.1) is 5.92 Å². The first-order chi connectivity index (χ1) is 6.63. The molecule has 1 rings (SSSR count). The second kappa shape index (κ2) is 5.35. The molecule has 14 heavy (non-hydrogen) atoms. The van der Waals surface area contributed by atoms with Gasteiger partial charge in [0.25, 0.3) is 0 Å². The van der Waals surface area contributed by atoms with Gasteiger partial charge in [0.1, 0.15) is 0 Å². The second-order valence-electron chi connectivity index (χ2n) is 4.49. The molecule has 1 aliphatic carbocycles. The summed E-state index contributed by atoms with van der Waals surface area (Å²) in [5.41, 5.74) is 6.04. The SMILES string of the molecule is CN(C)C(=O)C1CCCCCCC1N. The van der Waals surface area contributed by atoms with Crippen LogP contribution in [0.3, 0.4) is 0 Å². The lowest BCUT2D eigenvalue weighted by molar-refractivity contribution is -0.134. The number of hydrogen-bond acceptors (Lipinski definition) is 2. The van der Waals surface area contributed by atoms with Crippen LogP contribution < -0.4 is 5.73 Å². The van der Waals surface area contributed by atoms with E-state index in [0.29, 0.717) is 0 Å². The summed E-state index contributed by atoms with van der Waals surface area (Å²) in [5, 5.41) is 0.